The number of nitro benzene ring substituents is 2. The van der Waals surface area contributed by atoms with E-state index in [1.807, 2.05) is 30.3 Å². The van der Waals surface area contributed by atoms with Gasteiger partial charge in [-0.3, -0.25) is 20.2 Å². The number of nitrogens with one attached hydrogen (secondary N) is 2. The highest BCUT2D eigenvalue weighted by Gasteiger charge is 2.25. The molecule has 0 fully saturated rings. The van der Waals surface area contributed by atoms with Gasteiger partial charge in [0.25, 0.3) is 11.4 Å². The van der Waals surface area contributed by atoms with Gasteiger partial charge in [0.2, 0.25) is 0 Å². The predicted molar refractivity (Wildman–Crippen MR) is 107 cm³/mol. The molecule has 0 aliphatic heterocycles. The molecule has 0 saturated heterocycles. The predicted octanol–water partition coefficient (Wildman–Crippen LogP) is 5.75. The molecule has 0 heterocycles. The van der Waals surface area contributed by atoms with Gasteiger partial charge in [0, 0.05) is 22.3 Å². The van der Waals surface area contributed by atoms with E-state index < -0.39 is 9.85 Å². The molecule has 136 valence electrons. The summed E-state index contributed by atoms with van der Waals surface area (Å²) in [4.78, 5) is 21.4. The highest BCUT2D eigenvalue weighted by Crippen LogP contribution is 2.39. The number of nitro groups is 2. The highest BCUT2D eigenvalue weighted by molar-refractivity contribution is 9.10. The second kappa shape index (κ2) is 7.83. The Morgan fingerprint density at radius 2 is 1.37 bits per heavy atom. The lowest BCUT2D eigenvalue weighted by atomic mass is 10.2. The summed E-state index contributed by atoms with van der Waals surface area (Å²) in [5, 5.41) is 28.7. The van der Waals surface area contributed by atoms with Crippen LogP contribution in [0.15, 0.2) is 71.2 Å². The van der Waals surface area contributed by atoms with Crippen LogP contribution in [0.4, 0.5) is 34.1 Å². The molecule has 0 aliphatic carbocycles. The van der Waals surface area contributed by atoms with Gasteiger partial charge in [-0.05, 0) is 36.4 Å². The number of hydrogen-bond donors (Lipinski definition) is 2. The second-order valence-electron chi connectivity index (χ2n) is 5.49. The fraction of sp³-hybridized carbons (Fsp3) is 0. The molecule has 0 atom stereocenters. The van der Waals surface area contributed by atoms with Gasteiger partial charge in [-0.1, -0.05) is 34.1 Å². The van der Waals surface area contributed by atoms with Crippen molar-refractivity contribution in [2.45, 2.75) is 0 Å². The van der Waals surface area contributed by atoms with Crippen molar-refractivity contribution in [1.82, 2.24) is 0 Å². The first-order valence-electron chi connectivity index (χ1n) is 7.76. The Bertz CT molecular complexity index is 979. The van der Waals surface area contributed by atoms with E-state index in [-0.39, 0.29) is 17.1 Å². The van der Waals surface area contributed by atoms with Crippen molar-refractivity contribution < 1.29 is 9.85 Å². The van der Waals surface area contributed by atoms with Crippen molar-refractivity contribution in [2.24, 2.45) is 0 Å². The molecule has 3 aromatic rings. The Kier molecular flexibility index (Phi) is 5.32. The average molecular weight is 429 g/mol. The largest absolute Gasteiger partial charge is 0.354 e. The van der Waals surface area contributed by atoms with E-state index in [9.17, 15) is 20.2 Å². The Morgan fingerprint density at radius 1 is 0.741 bits per heavy atom. The molecular weight excluding hydrogens is 416 g/mol. The zero-order valence-electron chi connectivity index (χ0n) is 13.8. The third kappa shape index (κ3) is 4.21. The minimum Gasteiger partial charge on any atom is -0.354 e. The lowest BCUT2D eigenvalue weighted by Crippen LogP contribution is -2.03. The molecule has 0 aromatic heterocycles. The molecular formula is C18H13BrN4O4. The summed E-state index contributed by atoms with van der Waals surface area (Å²) < 4.78 is 0.781. The van der Waals surface area contributed by atoms with Gasteiger partial charge < -0.3 is 10.6 Å². The van der Waals surface area contributed by atoms with Crippen LogP contribution in [-0.2, 0) is 0 Å². The summed E-state index contributed by atoms with van der Waals surface area (Å²) in [6.45, 7) is 0. The number of hydrogen-bond acceptors (Lipinski definition) is 6. The van der Waals surface area contributed by atoms with Crippen LogP contribution in [0.1, 0.15) is 0 Å². The van der Waals surface area contributed by atoms with E-state index in [0.29, 0.717) is 11.4 Å². The van der Waals surface area contributed by atoms with Crippen molar-refractivity contribution in [3.05, 3.63) is 91.4 Å². The van der Waals surface area contributed by atoms with Gasteiger partial charge in [-0.25, -0.2) is 0 Å². The van der Waals surface area contributed by atoms with Gasteiger partial charge in [0.05, 0.1) is 21.2 Å². The number of benzene rings is 3. The van der Waals surface area contributed by atoms with Crippen LogP contribution >= 0.6 is 15.9 Å². The van der Waals surface area contributed by atoms with Crippen molar-refractivity contribution in [3.63, 3.8) is 0 Å². The summed E-state index contributed by atoms with van der Waals surface area (Å²) in [5.74, 6) is 0. The quantitative estimate of drug-likeness (QED) is 0.381. The van der Waals surface area contributed by atoms with Crippen LogP contribution in [0.3, 0.4) is 0 Å². The summed E-state index contributed by atoms with van der Waals surface area (Å²) in [5.41, 5.74) is 0.930. The molecule has 2 N–H and O–H groups in total. The topological polar surface area (TPSA) is 110 Å². The second-order valence-corrected chi connectivity index (χ2v) is 6.41. The third-order valence-electron chi connectivity index (χ3n) is 3.71. The summed E-state index contributed by atoms with van der Waals surface area (Å²) >= 11 is 3.39. The Morgan fingerprint density at radius 3 is 1.96 bits per heavy atom. The zero-order chi connectivity index (χ0) is 19.4. The van der Waals surface area contributed by atoms with Crippen molar-refractivity contribution in [2.75, 3.05) is 10.6 Å². The van der Waals surface area contributed by atoms with Gasteiger partial charge in [0.1, 0.15) is 0 Å². The maximum absolute atomic E-state index is 11.3. The molecule has 0 bridgehead atoms. The smallest absolute Gasteiger partial charge is 0.299 e. The van der Waals surface area contributed by atoms with Gasteiger partial charge >= 0.3 is 0 Å². The third-order valence-corrected chi connectivity index (χ3v) is 4.20. The van der Waals surface area contributed by atoms with Crippen LogP contribution < -0.4 is 10.6 Å². The van der Waals surface area contributed by atoms with E-state index in [1.54, 1.807) is 18.2 Å². The standard InChI is InChI=1S/C18H13BrN4O4/c19-12-9-10-14(15(11-12)20-13-5-2-1-3-6-13)21-18-16(22(24)25)7-4-8-17(18)23(26)27/h1-11,20-21H. The maximum Gasteiger partial charge on any atom is 0.299 e. The molecule has 0 spiro atoms. The van der Waals surface area contributed by atoms with Crippen LogP contribution in [0.2, 0.25) is 0 Å². The first-order chi connectivity index (χ1) is 13.0. The number of anilines is 4. The molecule has 3 rings (SSSR count). The molecule has 27 heavy (non-hydrogen) atoms. The van der Waals surface area contributed by atoms with E-state index in [0.717, 1.165) is 10.2 Å². The Balaban J connectivity index is 2.06. The monoisotopic (exact) mass is 428 g/mol. The molecule has 3 aromatic carbocycles. The van der Waals surface area contributed by atoms with Crippen LogP contribution in [0.5, 0.6) is 0 Å². The molecule has 9 heteroatoms. The van der Waals surface area contributed by atoms with Crippen LogP contribution in [0, 0.1) is 20.2 Å². The molecule has 8 nitrogen and oxygen atoms in total. The Hall–Kier alpha value is -3.46. The highest BCUT2D eigenvalue weighted by atomic mass is 79.9. The number of halogens is 1. The number of para-hydroxylation sites is 2. The summed E-state index contributed by atoms with van der Waals surface area (Å²) in [6.07, 6.45) is 0. The van der Waals surface area contributed by atoms with Crippen molar-refractivity contribution in [3.8, 4) is 0 Å². The van der Waals surface area contributed by atoms with E-state index >= 15 is 0 Å². The van der Waals surface area contributed by atoms with Crippen LogP contribution in [0.25, 0.3) is 0 Å². The fourth-order valence-corrected chi connectivity index (χ4v) is 2.86. The molecule has 0 amide bonds. The lowest BCUT2D eigenvalue weighted by molar-refractivity contribution is -0.392. The van der Waals surface area contributed by atoms with E-state index in [2.05, 4.69) is 26.6 Å². The maximum atomic E-state index is 11.3. The zero-order valence-corrected chi connectivity index (χ0v) is 15.3. The Labute approximate surface area is 162 Å². The van der Waals surface area contributed by atoms with Crippen LogP contribution in [-0.4, -0.2) is 9.85 Å². The SMILES string of the molecule is O=[N+]([O-])c1cccc([N+](=O)[O-])c1Nc1ccc(Br)cc1Nc1ccccc1. The molecule has 0 unspecified atom stereocenters. The van der Waals surface area contributed by atoms with Gasteiger partial charge in [-0.15, -0.1) is 0 Å². The summed E-state index contributed by atoms with van der Waals surface area (Å²) in [6, 6.07) is 18.2. The molecule has 0 saturated carbocycles. The minimum atomic E-state index is -0.654. The normalized spacial score (nSPS) is 10.3. The van der Waals surface area contributed by atoms with E-state index in [1.165, 1.54) is 18.2 Å². The minimum absolute atomic E-state index is 0.175. The van der Waals surface area contributed by atoms with E-state index in [4.69, 9.17) is 0 Å². The molecule has 0 aliphatic rings. The summed E-state index contributed by atoms with van der Waals surface area (Å²) in [7, 11) is 0. The number of nitrogens with zero attached hydrogens (tertiary/aromatic N) is 2. The molecule has 0 radical (unpaired) electrons. The van der Waals surface area contributed by atoms with Crippen molar-refractivity contribution in [1.29, 1.82) is 0 Å². The first kappa shape index (κ1) is 18.3. The average Bonchev–Trinajstić information content (AvgIpc) is 2.64. The lowest BCUT2D eigenvalue weighted by Gasteiger charge is -2.15. The first-order valence-corrected chi connectivity index (χ1v) is 8.55. The number of rotatable bonds is 6. The fourth-order valence-electron chi connectivity index (χ4n) is 2.50. The van der Waals surface area contributed by atoms with Crippen molar-refractivity contribution >= 4 is 50.1 Å². The van der Waals surface area contributed by atoms with Gasteiger partial charge in [-0.2, -0.15) is 0 Å². The van der Waals surface area contributed by atoms with Gasteiger partial charge in [0.15, 0.2) is 5.69 Å².